The molecule has 31 heavy (non-hydrogen) atoms. The molecular weight excluding hydrogens is 414 g/mol. The lowest BCUT2D eigenvalue weighted by molar-refractivity contribution is -0.117. The molecule has 4 rings (SSSR count). The molecule has 1 unspecified atom stereocenters. The second-order valence-electron chi connectivity index (χ2n) is 7.84. The van der Waals surface area contributed by atoms with E-state index in [0.29, 0.717) is 12.1 Å². The van der Waals surface area contributed by atoms with Crippen LogP contribution in [0.15, 0.2) is 53.5 Å². The van der Waals surface area contributed by atoms with Gasteiger partial charge in [0, 0.05) is 49.0 Å². The van der Waals surface area contributed by atoms with Gasteiger partial charge in [0.15, 0.2) is 5.65 Å². The van der Waals surface area contributed by atoms with Gasteiger partial charge in [0.25, 0.3) is 0 Å². The average Bonchev–Trinajstić information content (AvgIpc) is 3.13. The maximum Gasteiger partial charge on any atom is 0.347 e. The Bertz CT molecular complexity index is 1050. The number of hydrogen-bond acceptors (Lipinski definition) is 5. The number of ketones is 1. The van der Waals surface area contributed by atoms with Gasteiger partial charge in [-0.1, -0.05) is 37.1 Å². The van der Waals surface area contributed by atoms with Crippen molar-refractivity contribution in [3.8, 4) is 0 Å². The number of carbonyl (C=O) groups is 1. The Morgan fingerprint density at radius 2 is 2.06 bits per heavy atom. The number of pyridine rings is 1. The highest BCUT2D eigenvalue weighted by atomic mass is 35.5. The minimum absolute atomic E-state index is 0.199. The first kappa shape index (κ1) is 23.0. The quantitative estimate of drug-likeness (QED) is 0.629. The summed E-state index contributed by atoms with van der Waals surface area (Å²) in [4.78, 5) is 27.3. The maximum absolute atomic E-state index is 11.6. The first-order chi connectivity index (χ1) is 15.0. The van der Waals surface area contributed by atoms with Crippen LogP contribution in [0.25, 0.3) is 5.65 Å². The third-order valence-corrected chi connectivity index (χ3v) is 5.62. The first-order valence-corrected chi connectivity index (χ1v) is 11.1. The number of rotatable bonds is 6. The molecule has 1 N–H and O–H groups in total. The SMILES string of the molecule is CCCCN1CCN(c2cccc(Cl)c2)C(CC(C)=O)C1.O=c1[nH]nc2ccccn12. The van der Waals surface area contributed by atoms with Crippen LogP contribution in [0.4, 0.5) is 5.69 Å². The molecule has 1 atom stereocenters. The number of aromatic nitrogens is 3. The number of carbonyl (C=O) groups excluding carboxylic acids is 1. The Hall–Kier alpha value is -2.64. The lowest BCUT2D eigenvalue weighted by atomic mass is 10.0. The van der Waals surface area contributed by atoms with Gasteiger partial charge in [0.05, 0.1) is 0 Å². The number of halogens is 1. The van der Waals surface area contributed by atoms with Crippen molar-refractivity contribution >= 4 is 28.7 Å². The van der Waals surface area contributed by atoms with Gasteiger partial charge in [-0.2, -0.15) is 5.10 Å². The molecule has 0 aliphatic carbocycles. The Kier molecular flexibility index (Phi) is 8.26. The summed E-state index contributed by atoms with van der Waals surface area (Å²) < 4.78 is 1.44. The minimum atomic E-state index is -0.199. The van der Waals surface area contributed by atoms with E-state index >= 15 is 0 Å². The number of H-pyrrole nitrogens is 1. The van der Waals surface area contributed by atoms with Crippen LogP contribution >= 0.6 is 11.6 Å². The Morgan fingerprint density at radius 1 is 1.23 bits per heavy atom. The second-order valence-corrected chi connectivity index (χ2v) is 8.28. The van der Waals surface area contributed by atoms with E-state index in [1.165, 1.54) is 17.2 Å². The van der Waals surface area contributed by atoms with E-state index in [0.717, 1.165) is 36.9 Å². The highest BCUT2D eigenvalue weighted by molar-refractivity contribution is 6.30. The molecule has 3 heterocycles. The molecule has 1 fully saturated rings. The number of Topliss-reactive ketones (excluding diaryl/α,β-unsaturated/α-hetero) is 1. The number of hydrogen-bond donors (Lipinski definition) is 1. The number of aromatic amines is 1. The molecule has 1 aromatic carbocycles. The minimum Gasteiger partial charge on any atom is -0.365 e. The van der Waals surface area contributed by atoms with E-state index in [9.17, 15) is 9.59 Å². The molecule has 0 bridgehead atoms. The molecule has 3 aromatic rings. The number of unbranched alkanes of at least 4 members (excludes halogenated alkanes) is 1. The largest absolute Gasteiger partial charge is 0.365 e. The summed E-state index contributed by atoms with van der Waals surface area (Å²) in [6, 6.07) is 13.6. The molecule has 8 heteroatoms. The number of nitrogens with zero attached hydrogens (tertiary/aromatic N) is 4. The van der Waals surface area contributed by atoms with Crippen molar-refractivity contribution in [2.45, 2.75) is 39.2 Å². The van der Waals surface area contributed by atoms with Crippen LogP contribution in [0, 0.1) is 0 Å². The second kappa shape index (κ2) is 11.1. The molecule has 1 aliphatic heterocycles. The average molecular weight is 444 g/mol. The van der Waals surface area contributed by atoms with Gasteiger partial charge in [-0.25, -0.2) is 9.89 Å². The highest BCUT2D eigenvalue weighted by Crippen LogP contribution is 2.25. The zero-order chi connectivity index (χ0) is 22.2. The van der Waals surface area contributed by atoms with Crippen LogP contribution in [-0.2, 0) is 4.79 Å². The van der Waals surface area contributed by atoms with E-state index in [1.54, 1.807) is 25.3 Å². The van der Waals surface area contributed by atoms with Crippen LogP contribution < -0.4 is 10.6 Å². The standard InChI is InChI=1S/C17H25ClN2O.C6H5N3O/c1-3-4-8-19-9-10-20(17(13-19)11-14(2)21)16-7-5-6-15(18)12-16;10-6-8-7-5-3-1-2-4-9(5)6/h5-7,12,17H,3-4,8-11,13H2,1-2H3;1-4H,(H,8,10). The zero-order valence-corrected chi connectivity index (χ0v) is 18.9. The summed E-state index contributed by atoms with van der Waals surface area (Å²) in [5.74, 6) is 0.254. The van der Waals surface area contributed by atoms with Crippen molar-refractivity contribution in [2.75, 3.05) is 31.1 Å². The molecule has 1 saturated heterocycles. The van der Waals surface area contributed by atoms with Crippen LogP contribution in [0.3, 0.4) is 0 Å². The van der Waals surface area contributed by atoms with Crippen molar-refractivity contribution in [2.24, 2.45) is 0 Å². The van der Waals surface area contributed by atoms with E-state index < -0.39 is 0 Å². The fourth-order valence-electron chi connectivity index (χ4n) is 3.86. The van der Waals surface area contributed by atoms with Crippen molar-refractivity contribution < 1.29 is 4.79 Å². The maximum atomic E-state index is 11.6. The predicted octanol–water partition coefficient (Wildman–Crippen LogP) is 3.63. The molecule has 1 aliphatic rings. The van der Waals surface area contributed by atoms with Crippen LogP contribution in [0.5, 0.6) is 0 Å². The van der Waals surface area contributed by atoms with Crippen LogP contribution in [-0.4, -0.2) is 57.5 Å². The summed E-state index contributed by atoms with van der Waals surface area (Å²) in [5.41, 5.74) is 1.58. The Morgan fingerprint density at radius 3 is 2.77 bits per heavy atom. The fourth-order valence-corrected chi connectivity index (χ4v) is 4.05. The number of piperazine rings is 1. The fraction of sp³-hybridized carbons (Fsp3) is 0.435. The normalized spacial score (nSPS) is 16.7. The van der Waals surface area contributed by atoms with Crippen molar-refractivity contribution in [1.29, 1.82) is 0 Å². The summed E-state index contributed by atoms with van der Waals surface area (Å²) in [5, 5.41) is 6.83. The molecule has 0 saturated carbocycles. The van der Waals surface area contributed by atoms with E-state index in [-0.39, 0.29) is 17.5 Å². The van der Waals surface area contributed by atoms with Crippen molar-refractivity contribution in [1.82, 2.24) is 19.5 Å². The molecule has 7 nitrogen and oxygen atoms in total. The number of fused-ring (bicyclic) bond motifs is 1. The third kappa shape index (κ3) is 6.42. The number of benzene rings is 1. The molecule has 166 valence electrons. The molecular formula is C23H30ClN5O2. The Balaban J connectivity index is 0.000000225. The lowest BCUT2D eigenvalue weighted by Gasteiger charge is -2.42. The summed E-state index contributed by atoms with van der Waals surface area (Å²) in [6.45, 7) is 8.01. The van der Waals surface area contributed by atoms with Crippen molar-refractivity contribution in [3.63, 3.8) is 0 Å². The van der Waals surface area contributed by atoms with Gasteiger partial charge in [-0.05, 0) is 50.2 Å². The first-order valence-electron chi connectivity index (χ1n) is 10.7. The third-order valence-electron chi connectivity index (χ3n) is 5.38. The van der Waals surface area contributed by atoms with Crippen LogP contribution in [0.2, 0.25) is 5.02 Å². The lowest BCUT2D eigenvalue weighted by Crippen LogP contribution is -2.54. The van der Waals surface area contributed by atoms with Gasteiger partial charge in [0.2, 0.25) is 0 Å². The smallest absolute Gasteiger partial charge is 0.347 e. The van der Waals surface area contributed by atoms with Gasteiger partial charge in [0.1, 0.15) is 5.78 Å². The topological polar surface area (TPSA) is 73.7 Å². The molecule has 0 radical (unpaired) electrons. The molecule has 2 aromatic heterocycles. The summed E-state index contributed by atoms with van der Waals surface area (Å²) in [6.07, 6.45) is 4.71. The monoisotopic (exact) mass is 443 g/mol. The molecule has 0 amide bonds. The highest BCUT2D eigenvalue weighted by Gasteiger charge is 2.27. The van der Waals surface area contributed by atoms with E-state index in [4.69, 9.17) is 11.6 Å². The summed E-state index contributed by atoms with van der Waals surface area (Å²) >= 11 is 6.11. The predicted molar refractivity (Wildman–Crippen MR) is 125 cm³/mol. The Labute approximate surface area is 187 Å². The number of nitrogens with one attached hydrogen (secondary N) is 1. The molecule has 0 spiro atoms. The summed E-state index contributed by atoms with van der Waals surface area (Å²) in [7, 11) is 0. The van der Waals surface area contributed by atoms with Gasteiger partial charge in [-0.3, -0.25) is 14.1 Å². The van der Waals surface area contributed by atoms with Gasteiger partial charge < -0.3 is 4.90 Å². The zero-order valence-electron chi connectivity index (χ0n) is 18.1. The van der Waals surface area contributed by atoms with Gasteiger partial charge >= 0.3 is 5.69 Å². The van der Waals surface area contributed by atoms with Crippen molar-refractivity contribution in [3.05, 3.63) is 64.2 Å². The van der Waals surface area contributed by atoms with Gasteiger partial charge in [-0.15, -0.1) is 0 Å². The number of anilines is 1. The van der Waals surface area contributed by atoms with E-state index in [2.05, 4.69) is 33.0 Å². The van der Waals surface area contributed by atoms with E-state index in [1.807, 2.05) is 24.3 Å². The van der Waals surface area contributed by atoms with Crippen LogP contribution in [0.1, 0.15) is 33.1 Å².